The highest BCUT2D eigenvalue weighted by atomic mass is 16.6. The lowest BCUT2D eigenvalue weighted by Gasteiger charge is -1.87. The van der Waals surface area contributed by atoms with E-state index in [0.29, 0.717) is 6.61 Å². The average molecular weight is 133 g/mol. The largest absolute Gasteiger partial charge is 0.390 e. The molecule has 0 atom stereocenters. The molecule has 50 valence electrons. The predicted octanol–water partition coefficient (Wildman–Crippen LogP) is 1.43. The van der Waals surface area contributed by atoms with Crippen molar-refractivity contribution in [3.63, 3.8) is 0 Å². The first-order valence-electron chi connectivity index (χ1n) is 3.21. The van der Waals surface area contributed by atoms with Gasteiger partial charge < -0.3 is 4.84 Å². The van der Waals surface area contributed by atoms with Crippen LogP contribution in [0.2, 0.25) is 0 Å². The molecular formula is C8H7NO. The van der Waals surface area contributed by atoms with E-state index in [0.717, 1.165) is 11.3 Å². The molecule has 0 aromatic heterocycles. The van der Waals surface area contributed by atoms with Crippen LogP contribution in [0.3, 0.4) is 0 Å². The fraction of sp³-hybridized carbons (Fsp3) is 0.125. The average Bonchev–Trinajstić information content (AvgIpc) is 2.28. The molecule has 0 radical (unpaired) electrons. The zero-order chi connectivity index (χ0) is 6.81. The minimum Gasteiger partial charge on any atom is -0.390 e. The van der Waals surface area contributed by atoms with E-state index in [4.69, 9.17) is 4.84 Å². The molecule has 10 heavy (non-hydrogen) atoms. The lowest BCUT2D eigenvalue weighted by molar-refractivity contribution is 0.187. The Hall–Kier alpha value is -1.31. The van der Waals surface area contributed by atoms with Gasteiger partial charge in [0, 0.05) is 5.57 Å². The Bertz CT molecular complexity index is 258. The Morgan fingerprint density at radius 3 is 3.30 bits per heavy atom. The number of hydrogen-bond acceptors (Lipinski definition) is 2. The Morgan fingerprint density at radius 1 is 1.30 bits per heavy atom. The summed E-state index contributed by atoms with van der Waals surface area (Å²) >= 11 is 0. The molecule has 0 aromatic rings. The first-order valence-corrected chi connectivity index (χ1v) is 3.21. The van der Waals surface area contributed by atoms with Crippen molar-refractivity contribution in [1.29, 1.82) is 0 Å². The fourth-order valence-corrected chi connectivity index (χ4v) is 0.957. The highest BCUT2D eigenvalue weighted by molar-refractivity contribution is 6.09. The summed E-state index contributed by atoms with van der Waals surface area (Å²) < 4.78 is 0. The van der Waals surface area contributed by atoms with Crippen LogP contribution in [-0.4, -0.2) is 12.3 Å². The van der Waals surface area contributed by atoms with Gasteiger partial charge in [0.25, 0.3) is 0 Å². The number of allylic oxidation sites excluding steroid dienone is 5. The smallest absolute Gasteiger partial charge is 0.144 e. The third-order valence-corrected chi connectivity index (χ3v) is 1.49. The van der Waals surface area contributed by atoms with E-state index in [9.17, 15) is 0 Å². The quantitative estimate of drug-likeness (QED) is 0.489. The van der Waals surface area contributed by atoms with Crippen molar-refractivity contribution in [2.75, 3.05) is 6.61 Å². The third-order valence-electron chi connectivity index (χ3n) is 1.49. The van der Waals surface area contributed by atoms with Gasteiger partial charge in [-0.25, -0.2) is 0 Å². The van der Waals surface area contributed by atoms with Crippen LogP contribution in [0.1, 0.15) is 0 Å². The Labute approximate surface area is 59.2 Å². The van der Waals surface area contributed by atoms with Crippen molar-refractivity contribution in [1.82, 2.24) is 0 Å². The van der Waals surface area contributed by atoms with Crippen LogP contribution in [0.5, 0.6) is 0 Å². The third kappa shape index (κ3) is 0.778. The molecule has 0 aromatic carbocycles. The molecular weight excluding hydrogens is 126 g/mol. The molecule has 2 aliphatic rings. The zero-order valence-electron chi connectivity index (χ0n) is 5.45. The zero-order valence-corrected chi connectivity index (χ0v) is 5.45. The number of fused-ring (bicyclic) bond motifs is 1. The molecule has 0 saturated carbocycles. The summed E-state index contributed by atoms with van der Waals surface area (Å²) in [6.07, 6.45) is 9.89. The SMILES string of the molecule is C1=CC=C2CON=C2C=C1. The monoisotopic (exact) mass is 133 g/mol. The summed E-state index contributed by atoms with van der Waals surface area (Å²) in [6.45, 7) is 0.615. The van der Waals surface area contributed by atoms with Crippen LogP contribution in [-0.2, 0) is 4.84 Å². The summed E-state index contributed by atoms with van der Waals surface area (Å²) in [6, 6.07) is 0. The van der Waals surface area contributed by atoms with Crippen molar-refractivity contribution < 1.29 is 4.84 Å². The highest BCUT2D eigenvalue weighted by Gasteiger charge is 2.11. The van der Waals surface area contributed by atoms with Crippen LogP contribution < -0.4 is 0 Å². The summed E-state index contributed by atoms with van der Waals surface area (Å²) in [7, 11) is 0. The summed E-state index contributed by atoms with van der Waals surface area (Å²) in [5.41, 5.74) is 2.11. The molecule has 0 amide bonds. The number of oxime groups is 1. The van der Waals surface area contributed by atoms with Gasteiger partial charge in [-0.3, -0.25) is 0 Å². The maximum Gasteiger partial charge on any atom is 0.144 e. The summed E-state index contributed by atoms with van der Waals surface area (Å²) in [5.74, 6) is 0. The summed E-state index contributed by atoms with van der Waals surface area (Å²) in [4.78, 5) is 4.88. The van der Waals surface area contributed by atoms with E-state index in [-0.39, 0.29) is 0 Å². The van der Waals surface area contributed by atoms with Gasteiger partial charge in [-0.1, -0.05) is 29.5 Å². The second-order valence-electron chi connectivity index (χ2n) is 2.19. The van der Waals surface area contributed by atoms with Crippen LogP contribution in [0, 0.1) is 0 Å². The normalized spacial score (nSPS) is 20.8. The van der Waals surface area contributed by atoms with Crippen LogP contribution in [0.4, 0.5) is 0 Å². The molecule has 0 spiro atoms. The number of hydrogen-bond donors (Lipinski definition) is 0. The molecule has 0 saturated heterocycles. The van der Waals surface area contributed by atoms with Crippen molar-refractivity contribution in [2.24, 2.45) is 5.16 Å². The van der Waals surface area contributed by atoms with E-state index in [1.165, 1.54) is 0 Å². The lowest BCUT2D eigenvalue weighted by Crippen LogP contribution is -1.93. The van der Waals surface area contributed by atoms with Gasteiger partial charge in [0.1, 0.15) is 12.3 Å². The molecule has 2 nitrogen and oxygen atoms in total. The minimum absolute atomic E-state index is 0.615. The molecule has 2 rings (SSSR count). The van der Waals surface area contributed by atoms with Crippen LogP contribution >= 0.6 is 0 Å². The van der Waals surface area contributed by atoms with Gasteiger partial charge in [-0.2, -0.15) is 0 Å². The second kappa shape index (κ2) is 2.14. The second-order valence-corrected chi connectivity index (χ2v) is 2.19. The van der Waals surface area contributed by atoms with E-state index >= 15 is 0 Å². The van der Waals surface area contributed by atoms with Gasteiger partial charge in [-0.05, 0) is 6.08 Å². The van der Waals surface area contributed by atoms with Gasteiger partial charge in [0.2, 0.25) is 0 Å². The minimum atomic E-state index is 0.615. The van der Waals surface area contributed by atoms with Crippen molar-refractivity contribution in [3.05, 3.63) is 36.0 Å². The molecule has 0 bridgehead atoms. The van der Waals surface area contributed by atoms with E-state index < -0.39 is 0 Å². The van der Waals surface area contributed by atoms with E-state index in [2.05, 4.69) is 5.16 Å². The van der Waals surface area contributed by atoms with Crippen molar-refractivity contribution in [2.45, 2.75) is 0 Å². The predicted molar refractivity (Wildman–Crippen MR) is 39.8 cm³/mol. The van der Waals surface area contributed by atoms with Gasteiger partial charge >= 0.3 is 0 Å². The van der Waals surface area contributed by atoms with Crippen molar-refractivity contribution in [3.8, 4) is 0 Å². The highest BCUT2D eigenvalue weighted by Crippen LogP contribution is 2.11. The lowest BCUT2D eigenvalue weighted by atomic mass is 10.2. The molecule has 2 heteroatoms. The first kappa shape index (κ1) is 5.47. The molecule has 1 heterocycles. The maximum absolute atomic E-state index is 4.88. The van der Waals surface area contributed by atoms with Gasteiger partial charge in [-0.15, -0.1) is 0 Å². The van der Waals surface area contributed by atoms with Gasteiger partial charge in [0.15, 0.2) is 0 Å². The molecule has 0 fully saturated rings. The number of nitrogens with zero attached hydrogens (tertiary/aromatic N) is 1. The molecule has 1 aliphatic heterocycles. The Kier molecular flexibility index (Phi) is 1.17. The fourth-order valence-electron chi connectivity index (χ4n) is 0.957. The van der Waals surface area contributed by atoms with Gasteiger partial charge in [0.05, 0.1) is 0 Å². The molecule has 0 unspecified atom stereocenters. The Morgan fingerprint density at radius 2 is 2.30 bits per heavy atom. The summed E-state index contributed by atoms with van der Waals surface area (Å²) in [5, 5.41) is 3.84. The standard InChI is InChI=1S/C8H7NO/c1-2-4-7-6-10-9-8(7)5-3-1/h1-5H,6H2. The van der Waals surface area contributed by atoms with E-state index in [1.54, 1.807) is 0 Å². The first-order chi connectivity index (χ1) is 4.97. The topological polar surface area (TPSA) is 21.6 Å². The van der Waals surface area contributed by atoms with Crippen LogP contribution in [0.25, 0.3) is 0 Å². The van der Waals surface area contributed by atoms with Crippen molar-refractivity contribution >= 4 is 5.71 Å². The van der Waals surface area contributed by atoms with Crippen LogP contribution in [0.15, 0.2) is 41.1 Å². The number of rotatable bonds is 0. The maximum atomic E-state index is 4.88. The Balaban J connectivity index is 2.42. The molecule has 0 N–H and O–H groups in total. The molecule has 1 aliphatic carbocycles. The van der Waals surface area contributed by atoms with E-state index in [1.807, 2.05) is 30.4 Å².